The Morgan fingerprint density at radius 1 is 0.792 bits per heavy atom. The monoisotopic (exact) mass is 385 g/mol. The van der Waals surface area contributed by atoms with Gasteiger partial charge in [-0.3, -0.25) is 9.59 Å². The van der Waals surface area contributed by atoms with Gasteiger partial charge in [0.05, 0.1) is 0 Å². The first-order valence-electron chi connectivity index (χ1n) is 8.31. The van der Waals surface area contributed by atoms with Crippen LogP contribution in [0.15, 0.2) is 36.4 Å². The van der Waals surface area contributed by atoms with Crippen molar-refractivity contribution in [1.29, 1.82) is 0 Å². The number of hydrogen-bond acceptors (Lipinski definition) is 2. The van der Waals surface area contributed by atoms with E-state index < -0.39 is 0 Å². The van der Waals surface area contributed by atoms with Crippen molar-refractivity contribution in [1.82, 2.24) is 4.57 Å². The zero-order valence-electron chi connectivity index (χ0n) is 13.5. The van der Waals surface area contributed by atoms with Crippen LogP contribution in [0, 0.1) is 0 Å². The van der Waals surface area contributed by atoms with E-state index in [0.29, 0.717) is 11.1 Å². The summed E-state index contributed by atoms with van der Waals surface area (Å²) in [5.74, 6) is 0. The molecule has 0 fully saturated rings. The van der Waals surface area contributed by atoms with E-state index in [1.807, 2.05) is 36.4 Å². The normalized spacial score (nSPS) is 11.2. The van der Waals surface area contributed by atoms with Crippen LogP contribution in [0.4, 0.5) is 0 Å². The van der Waals surface area contributed by atoms with E-state index in [9.17, 15) is 9.59 Å². The van der Waals surface area contributed by atoms with Gasteiger partial charge in [0.15, 0.2) is 0 Å². The molecule has 3 rings (SSSR count). The summed E-state index contributed by atoms with van der Waals surface area (Å²) in [4.78, 5) is 22.2. The number of rotatable bonds is 8. The maximum atomic E-state index is 11.1. The maximum Gasteiger partial charge on any atom is 0.150 e. The summed E-state index contributed by atoms with van der Waals surface area (Å²) in [6.45, 7) is 0.948. The quantitative estimate of drug-likeness (QED) is 0.296. The molecular weight excluding hydrogens is 366 g/mol. The first-order chi connectivity index (χ1) is 11.8. The van der Waals surface area contributed by atoms with Crippen LogP contribution in [0.3, 0.4) is 0 Å². The third-order valence-electron chi connectivity index (χ3n) is 4.45. The lowest BCUT2D eigenvalue weighted by Gasteiger charge is -2.07. The van der Waals surface area contributed by atoms with Crippen LogP contribution < -0.4 is 0 Å². The van der Waals surface area contributed by atoms with E-state index in [4.69, 9.17) is 0 Å². The fraction of sp³-hybridized carbons (Fsp3) is 0.300. The molecular formula is C20H20BrNO2. The number of carbonyl (C=O) groups is 2. The van der Waals surface area contributed by atoms with Crippen LogP contribution in [-0.4, -0.2) is 22.5 Å². The van der Waals surface area contributed by atoms with Gasteiger partial charge in [-0.15, -0.1) is 0 Å². The molecule has 1 aromatic heterocycles. The molecule has 4 heteroatoms. The number of aromatic nitrogens is 1. The summed E-state index contributed by atoms with van der Waals surface area (Å²) >= 11 is 3.47. The number of unbranched alkanes of at least 4 members (excludes halogenated alkanes) is 3. The van der Waals surface area contributed by atoms with Gasteiger partial charge in [-0.2, -0.15) is 0 Å². The SMILES string of the molecule is O=Cc1ccc2c(c1)c1cc(C=O)ccc1n2CCCCCCBr. The second-order valence-corrected chi connectivity index (χ2v) is 6.84. The zero-order chi connectivity index (χ0) is 16.9. The van der Waals surface area contributed by atoms with Gasteiger partial charge in [-0.1, -0.05) is 28.8 Å². The van der Waals surface area contributed by atoms with E-state index in [2.05, 4.69) is 20.5 Å². The van der Waals surface area contributed by atoms with Crippen molar-refractivity contribution in [2.45, 2.75) is 32.2 Å². The number of nitrogens with zero attached hydrogens (tertiary/aromatic N) is 1. The Kier molecular flexibility index (Phi) is 5.46. The highest BCUT2D eigenvalue weighted by atomic mass is 79.9. The van der Waals surface area contributed by atoms with Crippen LogP contribution in [0.1, 0.15) is 46.4 Å². The molecule has 2 aromatic carbocycles. The zero-order valence-corrected chi connectivity index (χ0v) is 15.1. The fourth-order valence-electron chi connectivity index (χ4n) is 3.24. The largest absolute Gasteiger partial charge is 0.340 e. The first-order valence-corrected chi connectivity index (χ1v) is 9.43. The van der Waals surface area contributed by atoms with Gasteiger partial charge in [0.2, 0.25) is 0 Å². The molecule has 0 spiro atoms. The Morgan fingerprint density at radius 2 is 1.33 bits per heavy atom. The molecule has 0 N–H and O–H groups in total. The van der Waals surface area contributed by atoms with E-state index in [0.717, 1.165) is 52.7 Å². The van der Waals surface area contributed by atoms with Crippen LogP contribution in [0.2, 0.25) is 0 Å². The van der Waals surface area contributed by atoms with Crippen LogP contribution in [-0.2, 0) is 6.54 Å². The lowest BCUT2D eigenvalue weighted by atomic mass is 10.1. The fourth-order valence-corrected chi connectivity index (χ4v) is 3.64. The number of aryl methyl sites for hydroxylation is 1. The standard InChI is InChI=1S/C20H20BrNO2/c21-9-3-1-2-4-10-22-19-7-5-15(13-23)11-17(19)18-12-16(14-24)6-8-20(18)22/h5-8,11-14H,1-4,9-10H2. The Labute approximate surface area is 149 Å². The lowest BCUT2D eigenvalue weighted by molar-refractivity contribution is 0.111. The molecule has 3 aromatic rings. The Bertz CT molecular complexity index is 817. The predicted octanol–water partition coefficient (Wildman–Crippen LogP) is 5.37. The predicted molar refractivity (Wildman–Crippen MR) is 102 cm³/mol. The number of aldehydes is 2. The topological polar surface area (TPSA) is 39.1 Å². The molecule has 124 valence electrons. The van der Waals surface area contributed by atoms with Crippen LogP contribution in [0.5, 0.6) is 0 Å². The summed E-state index contributed by atoms with van der Waals surface area (Å²) in [6.07, 6.45) is 6.49. The molecule has 0 aliphatic carbocycles. The third-order valence-corrected chi connectivity index (χ3v) is 5.01. The summed E-state index contributed by atoms with van der Waals surface area (Å²) in [5, 5.41) is 3.14. The van der Waals surface area contributed by atoms with Gasteiger partial charge in [0, 0.05) is 44.8 Å². The van der Waals surface area contributed by atoms with Gasteiger partial charge in [-0.25, -0.2) is 0 Å². The summed E-state index contributed by atoms with van der Waals surface area (Å²) < 4.78 is 2.31. The van der Waals surface area contributed by atoms with Crippen LogP contribution in [0.25, 0.3) is 21.8 Å². The maximum absolute atomic E-state index is 11.1. The molecule has 3 nitrogen and oxygen atoms in total. The van der Waals surface area contributed by atoms with Gasteiger partial charge < -0.3 is 4.57 Å². The molecule has 0 radical (unpaired) electrons. The van der Waals surface area contributed by atoms with Gasteiger partial charge in [0.25, 0.3) is 0 Å². The number of carbonyl (C=O) groups excluding carboxylic acids is 2. The van der Waals surface area contributed by atoms with Crippen molar-refractivity contribution >= 4 is 50.3 Å². The molecule has 0 saturated heterocycles. The second-order valence-electron chi connectivity index (χ2n) is 6.04. The molecule has 0 unspecified atom stereocenters. The second kappa shape index (κ2) is 7.75. The molecule has 0 aliphatic heterocycles. The average Bonchev–Trinajstić information content (AvgIpc) is 2.94. The Morgan fingerprint density at radius 3 is 1.83 bits per heavy atom. The molecule has 0 amide bonds. The van der Waals surface area contributed by atoms with E-state index >= 15 is 0 Å². The first kappa shape index (κ1) is 16.9. The van der Waals surface area contributed by atoms with E-state index in [-0.39, 0.29) is 0 Å². The highest BCUT2D eigenvalue weighted by Gasteiger charge is 2.11. The number of fused-ring (bicyclic) bond motifs is 3. The number of hydrogen-bond donors (Lipinski definition) is 0. The van der Waals surface area contributed by atoms with Crippen LogP contribution >= 0.6 is 15.9 Å². The molecule has 0 bridgehead atoms. The van der Waals surface area contributed by atoms with Gasteiger partial charge in [0.1, 0.15) is 12.6 Å². The molecule has 0 atom stereocenters. The Balaban J connectivity index is 2.04. The minimum Gasteiger partial charge on any atom is -0.340 e. The molecule has 1 heterocycles. The van der Waals surface area contributed by atoms with Crippen molar-refractivity contribution < 1.29 is 9.59 Å². The number of alkyl halides is 1. The number of benzene rings is 2. The van der Waals surface area contributed by atoms with Crippen molar-refractivity contribution in [3.8, 4) is 0 Å². The minimum atomic E-state index is 0.662. The lowest BCUT2D eigenvalue weighted by Crippen LogP contribution is -1.98. The molecule has 0 aliphatic rings. The number of halogens is 1. The minimum absolute atomic E-state index is 0.662. The highest BCUT2D eigenvalue weighted by Crippen LogP contribution is 2.30. The third kappa shape index (κ3) is 3.29. The smallest absolute Gasteiger partial charge is 0.150 e. The van der Waals surface area contributed by atoms with E-state index in [1.165, 1.54) is 19.3 Å². The molecule has 24 heavy (non-hydrogen) atoms. The van der Waals surface area contributed by atoms with Crippen molar-refractivity contribution in [3.05, 3.63) is 47.5 Å². The van der Waals surface area contributed by atoms with Gasteiger partial charge >= 0.3 is 0 Å². The Hall–Kier alpha value is -1.94. The highest BCUT2D eigenvalue weighted by molar-refractivity contribution is 9.09. The average molecular weight is 386 g/mol. The van der Waals surface area contributed by atoms with E-state index in [1.54, 1.807) is 0 Å². The summed E-state index contributed by atoms with van der Waals surface area (Å²) in [5.41, 5.74) is 3.57. The summed E-state index contributed by atoms with van der Waals surface area (Å²) in [6, 6.07) is 11.6. The van der Waals surface area contributed by atoms with Gasteiger partial charge in [-0.05, 0) is 49.2 Å². The molecule has 0 saturated carbocycles. The van der Waals surface area contributed by atoms with Crippen molar-refractivity contribution in [3.63, 3.8) is 0 Å². The van der Waals surface area contributed by atoms with Crippen molar-refractivity contribution in [2.24, 2.45) is 0 Å². The summed E-state index contributed by atoms with van der Waals surface area (Å²) in [7, 11) is 0. The van der Waals surface area contributed by atoms with Crippen molar-refractivity contribution in [2.75, 3.05) is 5.33 Å².